The van der Waals surface area contributed by atoms with Gasteiger partial charge in [0.1, 0.15) is 5.82 Å². The third-order valence-electron chi connectivity index (χ3n) is 5.08. The van der Waals surface area contributed by atoms with Crippen LogP contribution in [-0.4, -0.2) is 47.5 Å². The molecule has 0 bridgehead atoms. The molecule has 3 aliphatic heterocycles. The summed E-state index contributed by atoms with van der Waals surface area (Å²) in [5.74, 6) is 0.638. The molecule has 6 heteroatoms. The fraction of sp³-hybridized carbons (Fsp3) is 0.333. The molecule has 4 rings (SSSR count). The number of hydrogen-bond donors (Lipinski definition) is 1. The third kappa shape index (κ3) is 4.05. The minimum Gasteiger partial charge on any atom is -0.335 e. The molecule has 0 saturated carbocycles. The van der Waals surface area contributed by atoms with Crippen LogP contribution in [0.3, 0.4) is 0 Å². The van der Waals surface area contributed by atoms with E-state index in [2.05, 4.69) is 27.4 Å². The maximum absolute atomic E-state index is 12.5. The van der Waals surface area contributed by atoms with Crippen LogP contribution < -0.4 is 5.32 Å². The Morgan fingerprint density at radius 3 is 2.89 bits per heavy atom. The second kappa shape index (κ2) is 7.70. The minimum absolute atomic E-state index is 0.00165. The molecule has 0 radical (unpaired) electrons. The van der Waals surface area contributed by atoms with Crippen LogP contribution in [0.5, 0.6) is 0 Å². The Morgan fingerprint density at radius 2 is 2.11 bits per heavy atom. The normalized spacial score (nSPS) is 19.4. The summed E-state index contributed by atoms with van der Waals surface area (Å²) in [5, 5.41) is 2.77. The van der Waals surface area contributed by atoms with E-state index < -0.39 is 0 Å². The smallest absolute Gasteiger partial charge is 0.246 e. The first-order valence-electron chi connectivity index (χ1n) is 9.31. The third-order valence-corrected chi connectivity index (χ3v) is 5.08. The molecule has 0 atom stereocenters. The molecule has 0 unspecified atom stereocenters. The summed E-state index contributed by atoms with van der Waals surface area (Å²) in [4.78, 5) is 34.3. The number of hydrogen-bond acceptors (Lipinski definition) is 4. The molecule has 138 valence electrons. The lowest BCUT2D eigenvalue weighted by Crippen LogP contribution is -2.34. The number of anilines is 1. The maximum Gasteiger partial charge on any atom is 0.246 e. The number of amides is 2. The van der Waals surface area contributed by atoms with Gasteiger partial charge in [0, 0.05) is 44.4 Å². The average molecular weight is 362 g/mol. The van der Waals surface area contributed by atoms with Gasteiger partial charge in [0.15, 0.2) is 0 Å². The number of pyridine rings is 1. The van der Waals surface area contributed by atoms with Crippen molar-refractivity contribution in [3.63, 3.8) is 0 Å². The Kier molecular flexibility index (Phi) is 4.96. The van der Waals surface area contributed by atoms with Crippen molar-refractivity contribution in [1.82, 2.24) is 9.88 Å². The molecule has 1 N–H and O–H groups in total. The minimum atomic E-state index is 0.00165. The topological polar surface area (TPSA) is 74.7 Å². The summed E-state index contributed by atoms with van der Waals surface area (Å²) in [5.41, 5.74) is 4.50. The standard InChI is InChI=1S/C21H22N4O2/c26-19-5-4-17-12-15(13-23-21(17)24-19)3-6-20(27)25-10-7-16(8-11-25)18-2-1-9-22-14-18/h2-3,6-7,9,12-13H,1,4-5,8,10-11,14H2,(H,23,24,26)/b6-3+. The molecule has 0 aliphatic carbocycles. The highest BCUT2D eigenvalue weighted by Crippen LogP contribution is 2.23. The first-order valence-corrected chi connectivity index (χ1v) is 9.31. The first-order chi connectivity index (χ1) is 13.2. The summed E-state index contributed by atoms with van der Waals surface area (Å²) >= 11 is 0. The zero-order valence-corrected chi connectivity index (χ0v) is 15.1. The van der Waals surface area contributed by atoms with E-state index in [0.717, 1.165) is 37.1 Å². The van der Waals surface area contributed by atoms with Crippen molar-refractivity contribution in [2.45, 2.75) is 25.7 Å². The van der Waals surface area contributed by atoms with Crippen molar-refractivity contribution in [3.8, 4) is 0 Å². The number of rotatable bonds is 3. The quantitative estimate of drug-likeness (QED) is 0.840. The number of aromatic nitrogens is 1. The molecule has 4 heterocycles. The van der Waals surface area contributed by atoms with Crippen molar-refractivity contribution in [1.29, 1.82) is 0 Å². The lowest BCUT2D eigenvalue weighted by atomic mass is 9.97. The SMILES string of the molecule is O=C1CCc2cc(/C=C/C(=O)N3CC=C(C4=CCC=NC4)CC3)cnc2N1. The molecule has 0 aromatic carbocycles. The average Bonchev–Trinajstić information content (AvgIpc) is 2.72. The van der Waals surface area contributed by atoms with Gasteiger partial charge in [-0.25, -0.2) is 4.98 Å². The van der Waals surface area contributed by atoms with Crippen molar-refractivity contribution in [3.05, 3.63) is 52.8 Å². The number of carbonyl (C=O) groups is 2. The summed E-state index contributed by atoms with van der Waals surface area (Å²) in [6, 6.07) is 1.98. The number of fused-ring (bicyclic) bond motifs is 1. The first kappa shape index (κ1) is 17.4. The molecule has 3 aliphatic rings. The maximum atomic E-state index is 12.5. The molecule has 0 saturated heterocycles. The number of carbonyl (C=O) groups excluding carboxylic acids is 2. The van der Waals surface area contributed by atoms with Gasteiger partial charge >= 0.3 is 0 Å². The Labute approximate surface area is 158 Å². The Balaban J connectivity index is 1.37. The molecular weight excluding hydrogens is 340 g/mol. The molecule has 2 amide bonds. The molecule has 27 heavy (non-hydrogen) atoms. The van der Waals surface area contributed by atoms with Crippen molar-refractivity contribution < 1.29 is 9.59 Å². The van der Waals surface area contributed by atoms with E-state index in [1.165, 1.54) is 11.1 Å². The Bertz CT molecular complexity index is 895. The predicted molar refractivity (Wildman–Crippen MR) is 106 cm³/mol. The molecule has 0 spiro atoms. The van der Waals surface area contributed by atoms with Gasteiger partial charge in [0.25, 0.3) is 0 Å². The Hall–Kier alpha value is -3.02. The van der Waals surface area contributed by atoms with Crippen LogP contribution >= 0.6 is 0 Å². The van der Waals surface area contributed by atoms with E-state index in [4.69, 9.17) is 0 Å². The zero-order chi connectivity index (χ0) is 18.6. The van der Waals surface area contributed by atoms with Gasteiger partial charge in [0.05, 0.1) is 6.54 Å². The second-order valence-electron chi connectivity index (χ2n) is 6.91. The van der Waals surface area contributed by atoms with Gasteiger partial charge in [-0.15, -0.1) is 0 Å². The lowest BCUT2D eigenvalue weighted by Gasteiger charge is -2.26. The lowest BCUT2D eigenvalue weighted by molar-refractivity contribution is -0.125. The van der Waals surface area contributed by atoms with Crippen LogP contribution in [0, 0.1) is 0 Å². The highest BCUT2D eigenvalue weighted by atomic mass is 16.2. The molecule has 0 fully saturated rings. The fourth-order valence-corrected chi connectivity index (χ4v) is 3.53. The van der Waals surface area contributed by atoms with Crippen LogP contribution in [0.25, 0.3) is 6.08 Å². The summed E-state index contributed by atoms with van der Waals surface area (Å²) in [6.07, 6.45) is 14.3. The predicted octanol–water partition coefficient (Wildman–Crippen LogP) is 2.54. The number of aliphatic imine (C=N–C) groups is 1. The summed E-state index contributed by atoms with van der Waals surface area (Å²) in [6.45, 7) is 2.12. The van der Waals surface area contributed by atoms with Gasteiger partial charge < -0.3 is 10.2 Å². The van der Waals surface area contributed by atoms with Crippen LogP contribution in [-0.2, 0) is 16.0 Å². The van der Waals surface area contributed by atoms with E-state index in [1.54, 1.807) is 18.3 Å². The van der Waals surface area contributed by atoms with E-state index in [9.17, 15) is 9.59 Å². The second-order valence-corrected chi connectivity index (χ2v) is 6.91. The molecule has 1 aromatic heterocycles. The van der Waals surface area contributed by atoms with Crippen LogP contribution in [0.15, 0.2) is 46.6 Å². The number of nitrogens with one attached hydrogen (secondary N) is 1. The van der Waals surface area contributed by atoms with Crippen molar-refractivity contribution in [2.75, 3.05) is 25.0 Å². The molecular formula is C21H22N4O2. The largest absolute Gasteiger partial charge is 0.335 e. The fourth-order valence-electron chi connectivity index (χ4n) is 3.53. The van der Waals surface area contributed by atoms with E-state index in [1.807, 2.05) is 17.2 Å². The van der Waals surface area contributed by atoms with E-state index in [-0.39, 0.29) is 11.8 Å². The van der Waals surface area contributed by atoms with E-state index in [0.29, 0.717) is 25.2 Å². The number of aryl methyl sites for hydroxylation is 1. The monoisotopic (exact) mass is 362 g/mol. The van der Waals surface area contributed by atoms with Gasteiger partial charge in [-0.1, -0.05) is 12.2 Å². The number of nitrogens with zero attached hydrogens (tertiary/aromatic N) is 3. The number of allylic oxidation sites excluding steroid dienone is 1. The summed E-state index contributed by atoms with van der Waals surface area (Å²) in [7, 11) is 0. The van der Waals surface area contributed by atoms with Crippen molar-refractivity contribution >= 4 is 29.9 Å². The number of dihydropyridines is 1. The van der Waals surface area contributed by atoms with E-state index >= 15 is 0 Å². The highest BCUT2D eigenvalue weighted by Gasteiger charge is 2.18. The molecule has 6 nitrogen and oxygen atoms in total. The Morgan fingerprint density at radius 1 is 1.19 bits per heavy atom. The van der Waals surface area contributed by atoms with Crippen molar-refractivity contribution in [2.24, 2.45) is 4.99 Å². The van der Waals surface area contributed by atoms with Gasteiger partial charge in [-0.3, -0.25) is 14.6 Å². The van der Waals surface area contributed by atoms with Gasteiger partial charge in [-0.05, 0) is 47.3 Å². The highest BCUT2D eigenvalue weighted by molar-refractivity contribution is 5.94. The van der Waals surface area contributed by atoms with Crippen LogP contribution in [0.1, 0.15) is 30.4 Å². The summed E-state index contributed by atoms with van der Waals surface area (Å²) < 4.78 is 0. The van der Waals surface area contributed by atoms with Crippen LogP contribution in [0.4, 0.5) is 5.82 Å². The van der Waals surface area contributed by atoms with Crippen LogP contribution in [0.2, 0.25) is 0 Å². The molecule has 1 aromatic rings. The van der Waals surface area contributed by atoms with Gasteiger partial charge in [-0.2, -0.15) is 0 Å². The van der Waals surface area contributed by atoms with Gasteiger partial charge in [0.2, 0.25) is 11.8 Å². The zero-order valence-electron chi connectivity index (χ0n) is 15.1.